The van der Waals surface area contributed by atoms with Crippen molar-refractivity contribution in [2.75, 3.05) is 31.4 Å². The molecule has 0 aliphatic heterocycles. The number of nitrogen functional groups attached to an aromatic ring is 1. The van der Waals surface area contributed by atoms with Gasteiger partial charge in [-0.25, -0.2) is 0 Å². The van der Waals surface area contributed by atoms with Crippen molar-refractivity contribution in [3.63, 3.8) is 0 Å². The monoisotopic (exact) mass is 256 g/mol. The molecule has 3 N–H and O–H groups in total. The Hall–Kier alpha value is -1.56. The molecule has 1 rings (SSSR count). The van der Waals surface area contributed by atoms with Crippen LogP contribution in [0.25, 0.3) is 0 Å². The number of carbonyl (C=O) groups is 1. The molecule has 1 unspecified atom stereocenters. The maximum atomic E-state index is 11.9. The molecule has 0 aliphatic rings. The number of ether oxygens (including phenoxy) is 1. The summed E-state index contributed by atoms with van der Waals surface area (Å²) in [4.78, 5) is 11.9. The second kappa shape index (κ2) is 6.24. The SMILES string of the molecule is COc1cccc(N)c1C(=O)NCCS(C)=O. The number of hydrogen-bond acceptors (Lipinski definition) is 4. The van der Waals surface area contributed by atoms with Crippen LogP contribution in [-0.2, 0) is 10.8 Å². The number of rotatable bonds is 5. The minimum Gasteiger partial charge on any atom is -0.496 e. The molecule has 6 heteroatoms. The standard InChI is InChI=1S/C11H16N2O3S/c1-16-9-5-3-4-8(12)10(9)11(14)13-6-7-17(2)15/h3-5H,6-7,12H2,1-2H3,(H,13,14). The molecule has 0 saturated carbocycles. The van der Waals surface area contributed by atoms with Crippen LogP contribution in [0.15, 0.2) is 18.2 Å². The summed E-state index contributed by atoms with van der Waals surface area (Å²) in [5.74, 6) is 0.534. The van der Waals surface area contributed by atoms with E-state index < -0.39 is 10.8 Å². The molecule has 0 aliphatic carbocycles. The molecule has 1 amide bonds. The lowest BCUT2D eigenvalue weighted by Crippen LogP contribution is -2.28. The third-order valence-electron chi connectivity index (χ3n) is 2.18. The Balaban J connectivity index is 2.77. The quantitative estimate of drug-likeness (QED) is 0.746. The van der Waals surface area contributed by atoms with E-state index in [0.29, 0.717) is 29.3 Å². The topological polar surface area (TPSA) is 81.4 Å². The van der Waals surface area contributed by atoms with Gasteiger partial charge in [0.15, 0.2) is 0 Å². The first-order valence-electron chi connectivity index (χ1n) is 5.07. The van der Waals surface area contributed by atoms with Gasteiger partial charge in [0.05, 0.1) is 7.11 Å². The van der Waals surface area contributed by atoms with Gasteiger partial charge in [-0.2, -0.15) is 0 Å². The van der Waals surface area contributed by atoms with Crippen molar-refractivity contribution in [2.24, 2.45) is 0 Å². The molecular weight excluding hydrogens is 240 g/mol. The van der Waals surface area contributed by atoms with Crippen molar-refractivity contribution in [3.05, 3.63) is 23.8 Å². The van der Waals surface area contributed by atoms with E-state index in [0.717, 1.165) is 0 Å². The van der Waals surface area contributed by atoms with Crippen molar-refractivity contribution < 1.29 is 13.7 Å². The normalized spacial score (nSPS) is 11.9. The first-order chi connectivity index (χ1) is 8.06. The Bertz CT molecular complexity index is 435. The van der Waals surface area contributed by atoms with Crippen LogP contribution in [-0.4, -0.2) is 35.8 Å². The zero-order valence-corrected chi connectivity index (χ0v) is 10.7. The predicted molar refractivity (Wildman–Crippen MR) is 68.7 cm³/mol. The predicted octanol–water partition coefficient (Wildman–Crippen LogP) is 0.386. The summed E-state index contributed by atoms with van der Waals surface area (Å²) in [6.07, 6.45) is 1.59. The molecule has 0 fully saturated rings. The van der Waals surface area contributed by atoms with Crippen LogP contribution in [0.5, 0.6) is 5.75 Å². The fourth-order valence-electron chi connectivity index (χ4n) is 1.36. The van der Waals surface area contributed by atoms with Crippen molar-refractivity contribution in [1.82, 2.24) is 5.32 Å². The molecular formula is C11H16N2O3S. The second-order valence-electron chi connectivity index (χ2n) is 3.46. The van der Waals surface area contributed by atoms with E-state index in [1.807, 2.05) is 0 Å². The largest absolute Gasteiger partial charge is 0.496 e. The minimum absolute atomic E-state index is 0.314. The van der Waals surface area contributed by atoms with Gasteiger partial charge in [0.2, 0.25) is 0 Å². The summed E-state index contributed by atoms with van der Waals surface area (Å²) in [5, 5.41) is 2.65. The number of methoxy groups -OCH3 is 1. The second-order valence-corrected chi connectivity index (χ2v) is 5.01. The molecule has 1 aromatic carbocycles. The molecule has 0 bridgehead atoms. The highest BCUT2D eigenvalue weighted by Crippen LogP contribution is 2.23. The molecule has 17 heavy (non-hydrogen) atoms. The molecule has 1 atom stereocenters. The number of hydrogen-bond donors (Lipinski definition) is 2. The lowest BCUT2D eigenvalue weighted by Gasteiger charge is -2.11. The first kappa shape index (κ1) is 13.5. The third-order valence-corrected chi connectivity index (χ3v) is 2.96. The Morgan fingerprint density at radius 1 is 1.53 bits per heavy atom. The lowest BCUT2D eigenvalue weighted by molar-refractivity contribution is 0.0954. The van der Waals surface area contributed by atoms with Crippen molar-refractivity contribution in [2.45, 2.75) is 0 Å². The minimum atomic E-state index is -0.928. The van der Waals surface area contributed by atoms with Crippen molar-refractivity contribution in [3.8, 4) is 5.75 Å². The first-order valence-corrected chi connectivity index (χ1v) is 6.79. The highest BCUT2D eigenvalue weighted by atomic mass is 32.2. The van der Waals surface area contributed by atoms with Gasteiger partial charge in [-0.15, -0.1) is 0 Å². The van der Waals surface area contributed by atoms with E-state index in [9.17, 15) is 9.00 Å². The zero-order valence-electron chi connectivity index (χ0n) is 9.86. The number of anilines is 1. The van der Waals surface area contributed by atoms with Gasteiger partial charge in [-0.3, -0.25) is 9.00 Å². The molecule has 94 valence electrons. The number of benzene rings is 1. The Morgan fingerprint density at radius 2 is 2.24 bits per heavy atom. The van der Waals surface area contributed by atoms with E-state index >= 15 is 0 Å². The van der Waals surface area contributed by atoms with E-state index in [2.05, 4.69) is 5.32 Å². The number of amides is 1. The molecule has 0 spiro atoms. The zero-order chi connectivity index (χ0) is 12.8. The van der Waals surface area contributed by atoms with Crippen LogP contribution in [0.1, 0.15) is 10.4 Å². The average Bonchev–Trinajstić information content (AvgIpc) is 2.27. The molecule has 0 radical (unpaired) electrons. The van der Waals surface area contributed by atoms with E-state index in [-0.39, 0.29) is 5.91 Å². The van der Waals surface area contributed by atoms with Gasteiger partial charge in [-0.05, 0) is 12.1 Å². The fourth-order valence-corrected chi connectivity index (χ4v) is 1.75. The van der Waals surface area contributed by atoms with Gasteiger partial charge in [-0.1, -0.05) is 6.07 Å². The van der Waals surface area contributed by atoms with Gasteiger partial charge in [0.1, 0.15) is 11.3 Å². The van der Waals surface area contributed by atoms with E-state index in [4.69, 9.17) is 10.5 Å². The Labute approximate surface area is 103 Å². The highest BCUT2D eigenvalue weighted by Gasteiger charge is 2.14. The van der Waals surface area contributed by atoms with Gasteiger partial charge in [0.25, 0.3) is 5.91 Å². The van der Waals surface area contributed by atoms with Crippen LogP contribution in [0.4, 0.5) is 5.69 Å². The van der Waals surface area contributed by atoms with E-state index in [1.54, 1.807) is 24.5 Å². The van der Waals surface area contributed by atoms with E-state index in [1.165, 1.54) is 7.11 Å². The maximum absolute atomic E-state index is 11.9. The molecule has 0 aromatic heterocycles. The molecule has 5 nitrogen and oxygen atoms in total. The summed E-state index contributed by atoms with van der Waals surface area (Å²) in [7, 11) is 0.551. The van der Waals surface area contributed by atoms with Gasteiger partial charge in [0, 0.05) is 35.0 Å². The summed E-state index contributed by atoms with van der Waals surface area (Å²) in [5.41, 5.74) is 6.41. The highest BCUT2D eigenvalue weighted by molar-refractivity contribution is 7.84. The Kier molecular flexibility index (Phi) is 4.96. The molecule has 1 aromatic rings. The van der Waals surface area contributed by atoms with Crippen molar-refractivity contribution in [1.29, 1.82) is 0 Å². The van der Waals surface area contributed by atoms with Crippen LogP contribution < -0.4 is 15.8 Å². The lowest BCUT2D eigenvalue weighted by atomic mass is 10.1. The molecule has 0 heterocycles. The number of nitrogens with one attached hydrogen (secondary N) is 1. The number of carbonyl (C=O) groups excluding carboxylic acids is 1. The Morgan fingerprint density at radius 3 is 2.82 bits per heavy atom. The summed E-state index contributed by atoms with van der Waals surface area (Å²) in [6, 6.07) is 5.02. The van der Waals surface area contributed by atoms with Crippen LogP contribution in [0.2, 0.25) is 0 Å². The average molecular weight is 256 g/mol. The van der Waals surface area contributed by atoms with Crippen LogP contribution in [0.3, 0.4) is 0 Å². The van der Waals surface area contributed by atoms with Crippen LogP contribution >= 0.6 is 0 Å². The van der Waals surface area contributed by atoms with Gasteiger partial charge >= 0.3 is 0 Å². The third kappa shape index (κ3) is 3.74. The summed E-state index contributed by atoms with van der Waals surface area (Å²) < 4.78 is 15.9. The van der Waals surface area contributed by atoms with Gasteiger partial charge < -0.3 is 15.8 Å². The summed E-state index contributed by atoms with van der Waals surface area (Å²) >= 11 is 0. The van der Waals surface area contributed by atoms with Crippen LogP contribution in [0, 0.1) is 0 Å². The maximum Gasteiger partial charge on any atom is 0.257 e. The number of nitrogens with two attached hydrogens (primary N) is 1. The fraction of sp³-hybridized carbons (Fsp3) is 0.364. The van der Waals surface area contributed by atoms with Crippen molar-refractivity contribution >= 4 is 22.4 Å². The molecule has 0 saturated heterocycles. The smallest absolute Gasteiger partial charge is 0.257 e. The summed E-state index contributed by atoms with van der Waals surface area (Å²) in [6.45, 7) is 0.347.